The van der Waals surface area contributed by atoms with E-state index in [9.17, 15) is 9.18 Å². The van der Waals surface area contributed by atoms with Gasteiger partial charge in [-0.2, -0.15) is 4.37 Å². The minimum Gasteiger partial charge on any atom is -0.293 e. The molecule has 100 valence electrons. The summed E-state index contributed by atoms with van der Waals surface area (Å²) in [5, 5.41) is -0.261. The van der Waals surface area contributed by atoms with Crippen LogP contribution in [0.3, 0.4) is 0 Å². The molecule has 0 aliphatic rings. The molecule has 0 radical (unpaired) electrons. The average Bonchev–Trinajstić information content (AvgIpc) is 2.86. The highest BCUT2D eigenvalue weighted by Crippen LogP contribution is 2.27. The van der Waals surface area contributed by atoms with Crippen molar-refractivity contribution in [1.82, 2.24) is 9.36 Å². The van der Waals surface area contributed by atoms with Gasteiger partial charge in [-0.15, -0.1) is 0 Å². The maximum absolute atomic E-state index is 12.8. The van der Waals surface area contributed by atoms with Crippen LogP contribution in [0.5, 0.6) is 0 Å². The van der Waals surface area contributed by atoms with Gasteiger partial charge in [0.15, 0.2) is 10.1 Å². The number of halogens is 1. The number of benzene rings is 1. The molecule has 0 aliphatic heterocycles. The lowest BCUT2D eigenvalue weighted by Crippen LogP contribution is -2.13. The largest absolute Gasteiger partial charge is 0.293 e. The summed E-state index contributed by atoms with van der Waals surface area (Å²) in [6.45, 7) is 3.81. The van der Waals surface area contributed by atoms with Crippen molar-refractivity contribution in [2.75, 3.05) is 0 Å². The summed E-state index contributed by atoms with van der Waals surface area (Å²) in [4.78, 5) is 16.5. The van der Waals surface area contributed by atoms with Crippen molar-refractivity contribution in [3.63, 3.8) is 0 Å². The highest BCUT2D eigenvalue weighted by molar-refractivity contribution is 8.02. The first-order valence-electron chi connectivity index (χ1n) is 5.89. The van der Waals surface area contributed by atoms with E-state index in [1.54, 1.807) is 0 Å². The van der Waals surface area contributed by atoms with E-state index in [1.807, 2.05) is 13.8 Å². The summed E-state index contributed by atoms with van der Waals surface area (Å²) in [6, 6.07) is 5.61. The number of carbonyl (C=O) groups is 1. The number of nitrogens with zero attached hydrogens (tertiary/aromatic N) is 2. The Balaban J connectivity index is 2.04. The Morgan fingerprint density at radius 3 is 2.68 bits per heavy atom. The lowest BCUT2D eigenvalue weighted by Gasteiger charge is -2.07. The monoisotopic (exact) mass is 296 g/mol. The van der Waals surface area contributed by atoms with Crippen molar-refractivity contribution in [2.45, 2.75) is 29.9 Å². The third-order valence-corrected chi connectivity index (χ3v) is 4.46. The maximum atomic E-state index is 12.8. The van der Waals surface area contributed by atoms with Crippen LogP contribution in [0, 0.1) is 5.82 Å². The fourth-order valence-corrected chi connectivity index (χ4v) is 3.40. The molecule has 1 atom stereocenters. The number of thioether (sulfide) groups is 1. The number of aryl methyl sites for hydroxylation is 1. The summed E-state index contributed by atoms with van der Waals surface area (Å²) in [5.41, 5.74) is 0.515. The van der Waals surface area contributed by atoms with Crippen molar-refractivity contribution in [3.05, 3.63) is 41.5 Å². The molecule has 0 bridgehead atoms. The van der Waals surface area contributed by atoms with Crippen molar-refractivity contribution < 1.29 is 9.18 Å². The van der Waals surface area contributed by atoms with Crippen molar-refractivity contribution >= 4 is 29.1 Å². The Bertz CT molecular complexity index is 568. The Labute approximate surface area is 119 Å². The van der Waals surface area contributed by atoms with Gasteiger partial charge in [-0.3, -0.25) is 4.79 Å². The van der Waals surface area contributed by atoms with Gasteiger partial charge in [0.25, 0.3) is 0 Å². The molecule has 1 aromatic heterocycles. The van der Waals surface area contributed by atoms with Gasteiger partial charge in [-0.25, -0.2) is 9.37 Å². The van der Waals surface area contributed by atoms with Gasteiger partial charge >= 0.3 is 0 Å². The first kappa shape index (κ1) is 14.1. The summed E-state index contributed by atoms with van der Waals surface area (Å²) in [6.07, 6.45) is 0.789. The quantitative estimate of drug-likeness (QED) is 0.624. The fraction of sp³-hybridized carbons (Fsp3) is 0.308. The first-order valence-corrected chi connectivity index (χ1v) is 7.54. The molecule has 19 heavy (non-hydrogen) atoms. The summed E-state index contributed by atoms with van der Waals surface area (Å²) >= 11 is 2.70. The molecule has 1 heterocycles. The van der Waals surface area contributed by atoms with Crippen LogP contribution in [0.1, 0.15) is 30.0 Å². The fourth-order valence-electron chi connectivity index (χ4n) is 1.48. The van der Waals surface area contributed by atoms with Gasteiger partial charge in [-0.1, -0.05) is 18.7 Å². The molecule has 2 rings (SSSR count). The maximum Gasteiger partial charge on any atom is 0.175 e. The van der Waals surface area contributed by atoms with Crippen LogP contribution in [0.2, 0.25) is 0 Å². The number of hydrogen-bond acceptors (Lipinski definition) is 5. The Morgan fingerprint density at radius 2 is 2.11 bits per heavy atom. The number of carbonyl (C=O) groups excluding carboxylic acids is 1. The molecule has 0 aliphatic carbocycles. The Hall–Kier alpha value is -1.27. The second-order valence-electron chi connectivity index (χ2n) is 3.96. The zero-order chi connectivity index (χ0) is 13.8. The third-order valence-electron chi connectivity index (χ3n) is 2.54. The number of ketones is 1. The predicted molar refractivity (Wildman–Crippen MR) is 75.3 cm³/mol. The molecule has 0 saturated heterocycles. The molecule has 0 fully saturated rings. The Kier molecular flexibility index (Phi) is 4.66. The first-order chi connectivity index (χ1) is 9.10. The van der Waals surface area contributed by atoms with E-state index in [-0.39, 0.29) is 16.9 Å². The van der Waals surface area contributed by atoms with Crippen LogP contribution >= 0.6 is 23.3 Å². The number of hydrogen-bond donors (Lipinski definition) is 0. The lowest BCUT2D eigenvalue weighted by atomic mass is 10.1. The normalized spacial score (nSPS) is 12.4. The highest BCUT2D eigenvalue weighted by Gasteiger charge is 2.18. The Morgan fingerprint density at radius 1 is 1.42 bits per heavy atom. The van der Waals surface area contributed by atoms with E-state index >= 15 is 0 Å². The van der Waals surface area contributed by atoms with E-state index in [1.165, 1.54) is 47.6 Å². The van der Waals surface area contributed by atoms with Crippen LogP contribution in [0.4, 0.5) is 4.39 Å². The van der Waals surface area contributed by atoms with Gasteiger partial charge < -0.3 is 0 Å². The molecule has 0 spiro atoms. The molecule has 0 N–H and O–H groups in total. The van der Waals surface area contributed by atoms with Crippen LogP contribution < -0.4 is 0 Å². The molecule has 1 unspecified atom stereocenters. The highest BCUT2D eigenvalue weighted by atomic mass is 32.2. The molecule has 0 saturated carbocycles. The standard InChI is InChI=1S/C13H13FN2OS2/c1-3-11-15-13(19-16-11)18-8(2)12(17)9-4-6-10(14)7-5-9/h4-8H,3H2,1-2H3. The summed E-state index contributed by atoms with van der Waals surface area (Å²) in [5.74, 6) is 0.431. The van der Waals surface area contributed by atoms with Gasteiger partial charge in [-0.05, 0) is 42.7 Å². The molecule has 2 aromatic rings. The topological polar surface area (TPSA) is 42.9 Å². The van der Waals surface area contributed by atoms with Crippen LogP contribution in [-0.4, -0.2) is 20.4 Å². The zero-order valence-electron chi connectivity index (χ0n) is 10.6. The lowest BCUT2D eigenvalue weighted by molar-refractivity contribution is 0.0994. The average molecular weight is 296 g/mol. The predicted octanol–water partition coefficient (Wildman–Crippen LogP) is 3.60. The zero-order valence-corrected chi connectivity index (χ0v) is 12.2. The van der Waals surface area contributed by atoms with E-state index in [0.717, 1.165) is 16.6 Å². The number of aromatic nitrogens is 2. The number of Topliss-reactive ketones (excluding diaryl/α,β-unsaturated/α-hetero) is 1. The third kappa shape index (κ3) is 3.61. The van der Waals surface area contributed by atoms with E-state index in [2.05, 4.69) is 9.36 Å². The van der Waals surface area contributed by atoms with Gasteiger partial charge in [0.2, 0.25) is 0 Å². The molecular weight excluding hydrogens is 283 g/mol. The second kappa shape index (κ2) is 6.25. The summed E-state index contributed by atoms with van der Waals surface area (Å²) in [7, 11) is 0. The van der Waals surface area contributed by atoms with Gasteiger partial charge in [0.05, 0.1) is 5.25 Å². The van der Waals surface area contributed by atoms with E-state index < -0.39 is 0 Å². The van der Waals surface area contributed by atoms with Gasteiger partial charge in [0.1, 0.15) is 11.6 Å². The molecule has 6 heteroatoms. The second-order valence-corrected chi connectivity index (χ2v) is 6.30. The molecule has 0 amide bonds. The van der Waals surface area contributed by atoms with Crippen LogP contribution in [0.15, 0.2) is 28.6 Å². The van der Waals surface area contributed by atoms with Crippen molar-refractivity contribution in [2.24, 2.45) is 0 Å². The van der Waals surface area contributed by atoms with Crippen LogP contribution in [-0.2, 0) is 6.42 Å². The van der Waals surface area contributed by atoms with Crippen molar-refractivity contribution in [3.8, 4) is 0 Å². The minimum absolute atomic E-state index is 0.0294. The molecule has 1 aromatic carbocycles. The van der Waals surface area contributed by atoms with Crippen molar-refractivity contribution in [1.29, 1.82) is 0 Å². The molecular formula is C13H13FN2OS2. The van der Waals surface area contributed by atoms with Crippen LogP contribution in [0.25, 0.3) is 0 Å². The SMILES string of the molecule is CCc1nsc(SC(C)C(=O)c2ccc(F)cc2)n1. The summed E-state index contributed by atoms with van der Waals surface area (Å²) < 4.78 is 17.8. The molecule has 3 nitrogen and oxygen atoms in total. The minimum atomic E-state index is -0.339. The smallest absolute Gasteiger partial charge is 0.175 e. The van der Waals surface area contributed by atoms with Gasteiger partial charge in [0, 0.05) is 12.0 Å². The van der Waals surface area contributed by atoms with E-state index in [4.69, 9.17) is 0 Å². The number of rotatable bonds is 5. The van der Waals surface area contributed by atoms with E-state index in [0.29, 0.717) is 5.56 Å².